The summed E-state index contributed by atoms with van der Waals surface area (Å²) in [7, 11) is -16.3. The van der Waals surface area contributed by atoms with Crippen LogP contribution >= 0.6 is 36.1 Å². The molecule has 7 unspecified atom stereocenters. The molecule has 3 heterocycles. The summed E-state index contributed by atoms with van der Waals surface area (Å²) >= 11 is 3.95. The van der Waals surface area contributed by atoms with Gasteiger partial charge in [-0.2, -0.15) is 16.9 Å². The standard InChI is InChI=1S/C21H36N7O16P3S.Na/c1-21(2,16(31)19(32)24-4-3-12(29)23-5-6-48)8-41-47(38,39)44-46(36,37)40-7-11-15(43-45(33,34)35)14(30)20(42-11)28-10-27-13-17(22)25-9-26-18(13)28;/h9-11,14-16,20,30-31,48H,3-8H2,1-2H3,(H,23,29)(H,24,32)(H,36,37)(H,38,39)(H2,22,25,26)(H2,33,34,35);/q;+1. The van der Waals surface area contributed by atoms with Crippen molar-refractivity contribution in [2.24, 2.45) is 5.41 Å². The molecule has 49 heavy (non-hydrogen) atoms. The molecule has 0 saturated carbocycles. The molecule has 0 aromatic carbocycles. The van der Waals surface area contributed by atoms with Gasteiger partial charge in [-0.15, -0.1) is 0 Å². The Balaban J connectivity index is 0.00000833. The van der Waals surface area contributed by atoms with E-state index in [9.17, 15) is 53.1 Å². The molecule has 0 radical (unpaired) electrons. The van der Waals surface area contributed by atoms with Gasteiger partial charge in [0.05, 0.1) is 19.5 Å². The maximum atomic E-state index is 12.6. The SMILES string of the molecule is CC(C)(COP(=O)(O)OP(=O)(O)OCC1OC(n2cnc3c(N)ncnc32)C(O)C1OP(=O)(O)O)C(O)C(=O)NCCC(=O)NCCS.[Na+]. The van der Waals surface area contributed by atoms with Gasteiger partial charge in [0, 0.05) is 30.7 Å². The third-order valence-electron chi connectivity index (χ3n) is 6.51. The van der Waals surface area contributed by atoms with Crippen molar-refractivity contribution in [1.82, 2.24) is 30.2 Å². The van der Waals surface area contributed by atoms with Crippen molar-refractivity contribution in [3.05, 3.63) is 12.7 Å². The summed E-state index contributed by atoms with van der Waals surface area (Å²) in [5.74, 6) is -0.943. The Labute approximate surface area is 305 Å². The van der Waals surface area contributed by atoms with Crippen molar-refractivity contribution >= 4 is 64.9 Å². The van der Waals surface area contributed by atoms with Gasteiger partial charge in [0.15, 0.2) is 17.7 Å². The molecule has 1 aliphatic rings. The predicted octanol–water partition coefficient (Wildman–Crippen LogP) is -4.66. The van der Waals surface area contributed by atoms with Crippen LogP contribution in [-0.2, 0) is 45.9 Å². The average Bonchev–Trinajstić information content (AvgIpc) is 3.54. The number of fused-ring (bicyclic) bond motifs is 1. The van der Waals surface area contributed by atoms with E-state index in [2.05, 4.69) is 47.0 Å². The monoisotopic (exact) mass is 790 g/mol. The second-order valence-electron chi connectivity index (χ2n) is 10.8. The predicted molar refractivity (Wildman–Crippen MR) is 163 cm³/mol. The quantitative estimate of drug-likeness (QED) is 0.0385. The number of thiol groups is 1. The van der Waals surface area contributed by atoms with Crippen LogP contribution in [0.4, 0.5) is 5.82 Å². The Morgan fingerprint density at radius 1 is 1.10 bits per heavy atom. The third kappa shape index (κ3) is 12.8. The van der Waals surface area contributed by atoms with Gasteiger partial charge in [0.1, 0.15) is 36.3 Å². The summed E-state index contributed by atoms with van der Waals surface area (Å²) in [5.41, 5.74) is 4.30. The number of carbonyl (C=O) groups excluding carboxylic acids is 2. The van der Waals surface area contributed by atoms with Crippen molar-refractivity contribution in [2.75, 3.05) is 37.8 Å². The zero-order chi connectivity index (χ0) is 36.1. The number of nitrogen functional groups attached to an aromatic ring is 1. The molecule has 272 valence electrons. The van der Waals surface area contributed by atoms with Crippen LogP contribution in [-0.4, -0.2) is 118 Å². The number of aliphatic hydroxyl groups excluding tert-OH is 2. The maximum Gasteiger partial charge on any atom is 1.00 e. The maximum absolute atomic E-state index is 12.6. The molecule has 1 fully saturated rings. The molecule has 2 amide bonds. The molecular weight excluding hydrogens is 754 g/mol. The minimum atomic E-state index is -5.54. The number of aromatic nitrogens is 4. The largest absolute Gasteiger partial charge is 1.00 e. The smallest absolute Gasteiger partial charge is 0.386 e. The Morgan fingerprint density at radius 2 is 1.76 bits per heavy atom. The van der Waals surface area contributed by atoms with Crippen LogP contribution in [0.15, 0.2) is 12.7 Å². The van der Waals surface area contributed by atoms with E-state index in [1.165, 1.54) is 13.8 Å². The summed E-state index contributed by atoms with van der Waals surface area (Å²) in [6.45, 7) is 0.723. The summed E-state index contributed by atoms with van der Waals surface area (Å²) in [4.78, 5) is 74.6. The van der Waals surface area contributed by atoms with E-state index < -0.39 is 78.6 Å². The molecule has 2 aromatic heterocycles. The van der Waals surface area contributed by atoms with Gasteiger partial charge < -0.3 is 50.9 Å². The number of nitrogens with two attached hydrogens (primary N) is 1. The van der Waals surface area contributed by atoms with Gasteiger partial charge in [-0.25, -0.2) is 28.6 Å². The van der Waals surface area contributed by atoms with Crippen LogP contribution in [0, 0.1) is 5.41 Å². The van der Waals surface area contributed by atoms with Crippen LogP contribution < -0.4 is 45.9 Å². The Kier molecular flexibility index (Phi) is 16.3. The number of rotatable bonds is 18. The average molecular weight is 791 g/mol. The van der Waals surface area contributed by atoms with Gasteiger partial charge in [0.2, 0.25) is 11.8 Å². The Hall–Kier alpha value is -1.11. The van der Waals surface area contributed by atoms with Crippen molar-refractivity contribution in [3.8, 4) is 0 Å². The van der Waals surface area contributed by atoms with E-state index in [1.807, 2.05) is 0 Å². The molecule has 0 spiro atoms. The molecule has 10 N–H and O–H groups in total. The van der Waals surface area contributed by atoms with Gasteiger partial charge in [-0.3, -0.25) is 27.7 Å². The second-order valence-corrected chi connectivity index (χ2v) is 15.5. The molecule has 2 aromatic rings. The van der Waals surface area contributed by atoms with Gasteiger partial charge in [-0.1, -0.05) is 13.8 Å². The number of hydrogen-bond acceptors (Lipinski definition) is 17. The van der Waals surface area contributed by atoms with Crippen molar-refractivity contribution in [3.63, 3.8) is 0 Å². The minimum absolute atomic E-state index is 0. The van der Waals surface area contributed by atoms with Crippen LogP contribution in [0.1, 0.15) is 26.5 Å². The van der Waals surface area contributed by atoms with Crippen molar-refractivity contribution in [2.45, 2.75) is 50.9 Å². The number of anilines is 1. The van der Waals surface area contributed by atoms with Gasteiger partial charge in [-0.05, 0) is 0 Å². The minimum Gasteiger partial charge on any atom is -0.386 e. The number of phosphoric acid groups is 3. The number of nitrogens with one attached hydrogen (secondary N) is 2. The van der Waals surface area contributed by atoms with E-state index in [1.54, 1.807) is 0 Å². The van der Waals surface area contributed by atoms with E-state index in [-0.39, 0.29) is 65.4 Å². The molecule has 28 heteroatoms. The summed E-state index contributed by atoms with van der Waals surface area (Å²) in [5, 5.41) is 26.1. The van der Waals surface area contributed by atoms with Crippen LogP contribution in [0.5, 0.6) is 0 Å². The van der Waals surface area contributed by atoms with Crippen LogP contribution in [0.3, 0.4) is 0 Å². The fraction of sp³-hybridized carbons (Fsp3) is 0.667. The van der Waals surface area contributed by atoms with E-state index in [4.69, 9.17) is 19.5 Å². The first kappa shape index (κ1) is 44.1. The van der Waals surface area contributed by atoms with Crippen LogP contribution in [0.2, 0.25) is 0 Å². The molecule has 3 rings (SSSR count). The van der Waals surface area contributed by atoms with Gasteiger partial charge in [0.25, 0.3) is 0 Å². The Bertz CT molecular complexity index is 1600. The fourth-order valence-corrected chi connectivity index (χ4v) is 7.08. The number of carbonyl (C=O) groups is 2. The number of aliphatic hydroxyl groups is 2. The molecule has 7 atom stereocenters. The van der Waals surface area contributed by atoms with Crippen LogP contribution in [0.25, 0.3) is 11.2 Å². The third-order valence-corrected chi connectivity index (χ3v) is 9.83. The van der Waals surface area contributed by atoms with E-state index in [0.717, 1.165) is 17.2 Å². The number of nitrogens with zero attached hydrogens (tertiary/aromatic N) is 4. The first-order chi connectivity index (χ1) is 22.2. The number of amides is 2. The summed E-state index contributed by atoms with van der Waals surface area (Å²) in [6.07, 6.45) is -6.74. The molecule has 0 aliphatic carbocycles. The van der Waals surface area contributed by atoms with E-state index >= 15 is 0 Å². The van der Waals surface area contributed by atoms with Crippen molar-refractivity contribution < 1.29 is 105 Å². The molecular formula is C21H36N7NaO16P3S+. The van der Waals surface area contributed by atoms with Gasteiger partial charge >= 0.3 is 53.0 Å². The topological polar surface area (TPSA) is 347 Å². The summed E-state index contributed by atoms with van der Waals surface area (Å²) in [6, 6.07) is 0. The number of imidazole rings is 1. The molecule has 0 bridgehead atoms. The molecule has 23 nitrogen and oxygen atoms in total. The normalized spacial score (nSPS) is 22.9. The zero-order valence-electron chi connectivity index (χ0n) is 26.2. The summed E-state index contributed by atoms with van der Waals surface area (Å²) < 4.78 is 61.7. The fourth-order valence-electron chi connectivity index (χ4n) is 4.14. The number of ether oxygens (including phenoxy) is 1. The first-order valence-electron chi connectivity index (χ1n) is 13.7. The molecule has 1 saturated heterocycles. The first-order valence-corrected chi connectivity index (χ1v) is 18.8. The second kappa shape index (κ2) is 18.1. The number of hydrogen-bond donors (Lipinski definition) is 10. The Morgan fingerprint density at radius 3 is 2.39 bits per heavy atom. The zero-order valence-corrected chi connectivity index (χ0v) is 31.8. The molecule has 1 aliphatic heterocycles. The number of phosphoric ester groups is 3. The van der Waals surface area contributed by atoms with Crippen molar-refractivity contribution in [1.29, 1.82) is 0 Å². The van der Waals surface area contributed by atoms with E-state index in [0.29, 0.717) is 12.3 Å².